The Morgan fingerprint density at radius 2 is 1.75 bits per heavy atom. The summed E-state index contributed by atoms with van der Waals surface area (Å²) in [4.78, 5) is 7.95. The minimum absolute atomic E-state index is 0.0872. The molecule has 1 N–H and O–H groups in total. The van der Waals surface area contributed by atoms with Crippen LogP contribution in [0.5, 0.6) is 0 Å². The van der Waals surface area contributed by atoms with E-state index in [1.165, 1.54) is 11.1 Å². The summed E-state index contributed by atoms with van der Waals surface area (Å²) in [6.07, 6.45) is 1.82. The molecule has 1 fully saturated rings. The maximum absolute atomic E-state index is 6.36. The monoisotopic (exact) mass is 457 g/mol. The van der Waals surface area contributed by atoms with Crippen LogP contribution < -0.4 is 5.32 Å². The number of furan rings is 1. The summed E-state index contributed by atoms with van der Waals surface area (Å²) < 4.78 is 6.36. The van der Waals surface area contributed by atoms with Crippen LogP contribution in [0.2, 0.25) is 0 Å². The van der Waals surface area contributed by atoms with Gasteiger partial charge in [0.2, 0.25) is 0 Å². The van der Waals surface area contributed by atoms with Gasteiger partial charge in [-0.1, -0.05) is 65.9 Å². The van der Waals surface area contributed by atoms with E-state index in [1.807, 2.05) is 36.5 Å². The predicted molar refractivity (Wildman–Crippen MR) is 131 cm³/mol. The summed E-state index contributed by atoms with van der Waals surface area (Å²) in [5.41, 5.74) is 3.39. The SMILES string of the molecule is Cc1ccc(Sc2ccc([C@H]3[C@H](c4ccccn4)NC(=S)N3Cc3ccccc3)o2)cc1. The minimum atomic E-state index is -0.0926. The second-order valence-corrected chi connectivity index (χ2v) is 9.28. The van der Waals surface area contributed by atoms with Crippen molar-refractivity contribution in [3.8, 4) is 0 Å². The molecule has 0 amide bonds. The van der Waals surface area contributed by atoms with Crippen LogP contribution in [0.15, 0.2) is 106 Å². The van der Waals surface area contributed by atoms with Gasteiger partial charge in [-0.05, 0) is 61.1 Å². The summed E-state index contributed by atoms with van der Waals surface area (Å²) in [5.74, 6) is 0.874. The first-order valence-electron chi connectivity index (χ1n) is 10.5. The zero-order valence-electron chi connectivity index (χ0n) is 17.6. The molecule has 2 atom stereocenters. The zero-order valence-corrected chi connectivity index (χ0v) is 19.3. The molecule has 6 heteroatoms. The van der Waals surface area contributed by atoms with Crippen LogP contribution in [-0.2, 0) is 6.54 Å². The molecule has 0 bridgehead atoms. The Balaban J connectivity index is 1.47. The molecule has 0 unspecified atom stereocenters. The van der Waals surface area contributed by atoms with E-state index in [0.29, 0.717) is 11.7 Å². The normalized spacial score (nSPS) is 18.0. The number of aromatic nitrogens is 1. The van der Waals surface area contributed by atoms with E-state index in [-0.39, 0.29) is 12.1 Å². The van der Waals surface area contributed by atoms with Gasteiger partial charge in [0.05, 0.1) is 11.7 Å². The van der Waals surface area contributed by atoms with Gasteiger partial charge in [0.1, 0.15) is 11.8 Å². The maximum atomic E-state index is 6.36. The Labute approximate surface area is 197 Å². The van der Waals surface area contributed by atoms with Crippen molar-refractivity contribution in [2.24, 2.45) is 0 Å². The van der Waals surface area contributed by atoms with Crippen LogP contribution >= 0.6 is 24.0 Å². The molecule has 4 aromatic rings. The van der Waals surface area contributed by atoms with E-state index in [2.05, 4.69) is 76.7 Å². The zero-order chi connectivity index (χ0) is 21.9. The smallest absolute Gasteiger partial charge is 0.170 e. The van der Waals surface area contributed by atoms with Crippen molar-refractivity contribution >= 4 is 29.1 Å². The second-order valence-electron chi connectivity index (χ2n) is 7.81. The van der Waals surface area contributed by atoms with Crippen LogP contribution in [0.25, 0.3) is 0 Å². The first-order chi connectivity index (χ1) is 15.7. The average molecular weight is 458 g/mol. The van der Waals surface area contributed by atoms with Gasteiger partial charge in [0.25, 0.3) is 0 Å². The number of rotatable bonds is 6. The van der Waals surface area contributed by atoms with Gasteiger partial charge in [-0.25, -0.2) is 0 Å². The van der Waals surface area contributed by atoms with E-state index in [9.17, 15) is 0 Å². The largest absolute Gasteiger partial charge is 0.452 e. The number of aryl methyl sites for hydroxylation is 1. The number of thiocarbonyl (C=S) groups is 1. The molecular weight excluding hydrogens is 434 g/mol. The molecule has 160 valence electrons. The van der Waals surface area contributed by atoms with Crippen molar-refractivity contribution < 1.29 is 4.42 Å². The van der Waals surface area contributed by atoms with Crippen molar-refractivity contribution in [1.82, 2.24) is 15.2 Å². The van der Waals surface area contributed by atoms with Gasteiger partial charge in [-0.15, -0.1) is 0 Å². The van der Waals surface area contributed by atoms with Crippen LogP contribution in [0, 0.1) is 6.92 Å². The third kappa shape index (κ3) is 4.42. The lowest BCUT2D eigenvalue weighted by Crippen LogP contribution is -2.28. The Morgan fingerprint density at radius 3 is 2.50 bits per heavy atom. The Morgan fingerprint density at radius 1 is 0.969 bits per heavy atom. The standard InChI is InChI=1S/C26H23N3OS2/c1-18-10-12-20(13-11-18)32-23-15-14-22(30-23)25-24(21-9-5-6-16-27-21)28-26(31)29(25)17-19-7-3-2-4-8-19/h2-16,24-25H,17H2,1H3,(H,28,31)/t24-,25-/m0/s1. The maximum Gasteiger partial charge on any atom is 0.170 e. The molecule has 0 aliphatic carbocycles. The molecule has 1 aliphatic rings. The molecule has 32 heavy (non-hydrogen) atoms. The molecular formula is C26H23N3OS2. The van der Waals surface area contributed by atoms with Crippen molar-refractivity contribution in [2.45, 2.75) is 35.5 Å². The first-order valence-corrected chi connectivity index (χ1v) is 11.8. The number of nitrogens with zero attached hydrogens (tertiary/aromatic N) is 2. The molecule has 0 saturated carbocycles. The van der Waals surface area contributed by atoms with E-state index in [4.69, 9.17) is 16.6 Å². The van der Waals surface area contributed by atoms with E-state index >= 15 is 0 Å². The lowest BCUT2D eigenvalue weighted by molar-refractivity contribution is 0.254. The average Bonchev–Trinajstić information content (AvgIpc) is 3.41. The fraction of sp³-hybridized carbons (Fsp3) is 0.154. The molecule has 2 aromatic heterocycles. The number of nitrogens with one attached hydrogen (secondary N) is 1. The van der Waals surface area contributed by atoms with Gasteiger partial charge >= 0.3 is 0 Å². The van der Waals surface area contributed by atoms with Crippen LogP contribution in [0.4, 0.5) is 0 Å². The van der Waals surface area contributed by atoms with Crippen molar-refractivity contribution in [3.63, 3.8) is 0 Å². The van der Waals surface area contributed by atoms with E-state index < -0.39 is 0 Å². The number of pyridine rings is 1. The van der Waals surface area contributed by atoms with Gasteiger partial charge in [0, 0.05) is 17.6 Å². The van der Waals surface area contributed by atoms with Crippen LogP contribution in [0.3, 0.4) is 0 Å². The van der Waals surface area contributed by atoms with Gasteiger partial charge in [-0.2, -0.15) is 0 Å². The summed E-state index contributed by atoms with van der Waals surface area (Å²) in [7, 11) is 0. The molecule has 2 aromatic carbocycles. The Kier molecular flexibility index (Phi) is 5.97. The third-order valence-electron chi connectivity index (χ3n) is 5.53. The number of hydrogen-bond acceptors (Lipinski definition) is 4. The molecule has 5 rings (SSSR count). The summed E-state index contributed by atoms with van der Waals surface area (Å²) in [6, 6.07) is 28.7. The highest BCUT2D eigenvalue weighted by molar-refractivity contribution is 7.99. The summed E-state index contributed by atoms with van der Waals surface area (Å²) in [5, 5.41) is 5.05. The predicted octanol–water partition coefficient (Wildman–Crippen LogP) is 6.31. The molecule has 0 radical (unpaired) electrons. The Bertz CT molecular complexity index is 1190. The Hall–Kier alpha value is -3.09. The number of hydrogen-bond donors (Lipinski definition) is 1. The molecule has 0 spiro atoms. The van der Waals surface area contributed by atoms with Gasteiger partial charge in [-0.3, -0.25) is 4.98 Å². The number of benzene rings is 2. The van der Waals surface area contributed by atoms with Crippen molar-refractivity contribution in [3.05, 3.63) is 114 Å². The summed E-state index contributed by atoms with van der Waals surface area (Å²) >= 11 is 7.38. The molecule has 4 nitrogen and oxygen atoms in total. The van der Waals surface area contributed by atoms with Crippen LogP contribution in [-0.4, -0.2) is 15.0 Å². The topological polar surface area (TPSA) is 41.3 Å². The van der Waals surface area contributed by atoms with Crippen LogP contribution in [0.1, 0.15) is 34.7 Å². The summed E-state index contributed by atoms with van der Waals surface area (Å²) in [6.45, 7) is 2.79. The highest BCUT2D eigenvalue weighted by atomic mass is 32.2. The molecule has 1 aliphatic heterocycles. The lowest BCUT2D eigenvalue weighted by atomic mass is 10.0. The van der Waals surface area contributed by atoms with E-state index in [0.717, 1.165) is 21.4 Å². The first kappa shape index (κ1) is 20.8. The fourth-order valence-corrected chi connectivity index (χ4v) is 5.02. The van der Waals surface area contributed by atoms with Gasteiger partial charge in [0.15, 0.2) is 10.2 Å². The quantitative estimate of drug-likeness (QED) is 0.342. The van der Waals surface area contributed by atoms with Gasteiger partial charge < -0.3 is 14.6 Å². The highest BCUT2D eigenvalue weighted by Gasteiger charge is 2.41. The highest BCUT2D eigenvalue weighted by Crippen LogP contribution is 2.41. The molecule has 3 heterocycles. The van der Waals surface area contributed by atoms with Crippen molar-refractivity contribution in [1.29, 1.82) is 0 Å². The lowest BCUT2D eigenvalue weighted by Gasteiger charge is -2.26. The third-order valence-corrected chi connectivity index (χ3v) is 6.81. The fourth-order valence-electron chi connectivity index (χ4n) is 3.94. The van der Waals surface area contributed by atoms with E-state index in [1.54, 1.807) is 11.8 Å². The minimum Gasteiger partial charge on any atom is -0.452 e. The molecule has 1 saturated heterocycles. The second kappa shape index (κ2) is 9.18. The van der Waals surface area contributed by atoms with Crippen molar-refractivity contribution in [2.75, 3.05) is 0 Å².